The van der Waals surface area contributed by atoms with Gasteiger partial charge in [-0.05, 0) is 13.8 Å². The Balaban J connectivity index is 2.55. The van der Waals surface area contributed by atoms with Crippen molar-refractivity contribution in [3.63, 3.8) is 0 Å². The van der Waals surface area contributed by atoms with Crippen LogP contribution in [-0.2, 0) is 4.79 Å². The van der Waals surface area contributed by atoms with Gasteiger partial charge in [0.05, 0.1) is 12.5 Å². The summed E-state index contributed by atoms with van der Waals surface area (Å²) in [6.45, 7) is 4.42. The molecule has 1 N–H and O–H groups in total. The van der Waals surface area contributed by atoms with Crippen LogP contribution in [0.4, 0.5) is 0 Å². The third-order valence-corrected chi connectivity index (χ3v) is 1.76. The molecule has 1 saturated heterocycles. The van der Waals surface area contributed by atoms with Gasteiger partial charge in [0.2, 0.25) is 5.91 Å². The molecule has 3 nitrogen and oxygen atoms in total. The van der Waals surface area contributed by atoms with Crippen LogP contribution >= 0.6 is 0 Å². The number of carbonyl (C=O) groups is 1. The zero-order valence-corrected chi connectivity index (χ0v) is 6.37. The van der Waals surface area contributed by atoms with Crippen molar-refractivity contribution in [1.29, 1.82) is 0 Å². The van der Waals surface area contributed by atoms with Gasteiger partial charge in [-0.15, -0.1) is 0 Å². The van der Waals surface area contributed by atoms with Crippen LogP contribution in [0.15, 0.2) is 0 Å². The lowest BCUT2D eigenvalue weighted by Gasteiger charge is -2.19. The second-order valence-corrected chi connectivity index (χ2v) is 3.00. The Hall–Kier alpha value is -0.570. The fourth-order valence-electron chi connectivity index (χ4n) is 1.21. The third-order valence-electron chi connectivity index (χ3n) is 1.76. The van der Waals surface area contributed by atoms with Gasteiger partial charge in [-0.3, -0.25) is 4.79 Å². The van der Waals surface area contributed by atoms with Crippen LogP contribution in [0.3, 0.4) is 0 Å². The van der Waals surface area contributed by atoms with Crippen molar-refractivity contribution in [3.05, 3.63) is 0 Å². The zero-order valence-electron chi connectivity index (χ0n) is 6.37. The summed E-state index contributed by atoms with van der Waals surface area (Å²) >= 11 is 0. The molecule has 1 fully saturated rings. The largest absolute Gasteiger partial charge is 0.391 e. The molecule has 1 rings (SSSR count). The lowest BCUT2D eigenvalue weighted by Crippen LogP contribution is -2.32. The van der Waals surface area contributed by atoms with Crippen molar-refractivity contribution in [1.82, 2.24) is 4.90 Å². The minimum atomic E-state index is -0.435. The van der Waals surface area contributed by atoms with Crippen molar-refractivity contribution < 1.29 is 9.90 Å². The normalized spacial score (nSPS) is 26.6. The van der Waals surface area contributed by atoms with E-state index in [9.17, 15) is 4.79 Å². The van der Waals surface area contributed by atoms with E-state index in [1.54, 1.807) is 4.90 Å². The highest BCUT2D eigenvalue weighted by atomic mass is 16.3. The topological polar surface area (TPSA) is 40.5 Å². The van der Waals surface area contributed by atoms with E-state index in [4.69, 9.17) is 5.11 Å². The number of likely N-dealkylation sites (tertiary alicyclic amines) is 1. The van der Waals surface area contributed by atoms with Gasteiger partial charge in [-0.1, -0.05) is 0 Å². The van der Waals surface area contributed by atoms with Crippen molar-refractivity contribution in [2.45, 2.75) is 32.4 Å². The van der Waals surface area contributed by atoms with Gasteiger partial charge in [0.25, 0.3) is 0 Å². The van der Waals surface area contributed by atoms with E-state index in [1.807, 2.05) is 13.8 Å². The van der Waals surface area contributed by atoms with Gasteiger partial charge in [0.1, 0.15) is 0 Å². The molecule has 3 heteroatoms. The number of aliphatic hydroxyl groups excluding tert-OH is 1. The molecule has 1 heterocycles. The summed E-state index contributed by atoms with van der Waals surface area (Å²) in [5.74, 6) is 0.0718. The molecule has 58 valence electrons. The second kappa shape index (κ2) is 2.58. The van der Waals surface area contributed by atoms with Crippen LogP contribution in [0.1, 0.15) is 20.3 Å². The summed E-state index contributed by atoms with van der Waals surface area (Å²) in [6, 6.07) is 0.227. The molecule has 0 saturated carbocycles. The second-order valence-electron chi connectivity index (χ2n) is 3.00. The molecule has 0 aromatic heterocycles. The molecular weight excluding hydrogens is 130 g/mol. The number of hydrogen-bond donors (Lipinski definition) is 1. The van der Waals surface area contributed by atoms with Crippen molar-refractivity contribution in [2.24, 2.45) is 0 Å². The standard InChI is InChI=1S/C7H13NO2/c1-5(2)8-4-6(9)3-7(8)10/h5-6,9H,3-4H2,1-2H3/t6-/m0/s1. The molecular formula is C7H13NO2. The minimum Gasteiger partial charge on any atom is -0.391 e. The lowest BCUT2D eigenvalue weighted by molar-refractivity contribution is -0.129. The number of rotatable bonds is 1. The molecule has 0 aromatic carbocycles. The monoisotopic (exact) mass is 143 g/mol. The molecule has 0 bridgehead atoms. The van der Waals surface area contributed by atoms with Crippen LogP contribution in [0.5, 0.6) is 0 Å². The van der Waals surface area contributed by atoms with E-state index in [-0.39, 0.29) is 11.9 Å². The molecule has 0 aliphatic carbocycles. The first-order chi connectivity index (χ1) is 4.61. The SMILES string of the molecule is CC(C)N1C[C@@H](O)CC1=O. The van der Waals surface area contributed by atoms with Crippen LogP contribution < -0.4 is 0 Å². The number of carbonyl (C=O) groups excluding carboxylic acids is 1. The maximum absolute atomic E-state index is 11.0. The number of amides is 1. The van der Waals surface area contributed by atoms with Gasteiger partial charge in [0, 0.05) is 12.6 Å². The van der Waals surface area contributed by atoms with Crippen molar-refractivity contribution in [3.8, 4) is 0 Å². The van der Waals surface area contributed by atoms with Gasteiger partial charge in [-0.25, -0.2) is 0 Å². The van der Waals surface area contributed by atoms with E-state index < -0.39 is 6.10 Å². The summed E-state index contributed by atoms with van der Waals surface area (Å²) in [5, 5.41) is 9.06. The smallest absolute Gasteiger partial charge is 0.225 e. The fourth-order valence-corrected chi connectivity index (χ4v) is 1.21. The summed E-state index contributed by atoms with van der Waals surface area (Å²) in [5.41, 5.74) is 0. The molecule has 1 aliphatic rings. The Morgan fingerprint density at radius 1 is 1.70 bits per heavy atom. The van der Waals surface area contributed by atoms with E-state index in [0.717, 1.165) is 0 Å². The number of aliphatic hydroxyl groups is 1. The average molecular weight is 143 g/mol. The lowest BCUT2D eigenvalue weighted by atomic mass is 10.3. The maximum Gasteiger partial charge on any atom is 0.225 e. The summed E-state index contributed by atoms with van der Waals surface area (Å²) < 4.78 is 0. The number of hydrogen-bond acceptors (Lipinski definition) is 2. The van der Waals surface area contributed by atoms with Gasteiger partial charge in [0.15, 0.2) is 0 Å². The summed E-state index contributed by atoms with van der Waals surface area (Å²) in [4.78, 5) is 12.7. The summed E-state index contributed by atoms with van der Waals surface area (Å²) in [7, 11) is 0. The Bertz CT molecular complexity index is 145. The van der Waals surface area contributed by atoms with E-state index in [0.29, 0.717) is 13.0 Å². The van der Waals surface area contributed by atoms with Crippen LogP contribution in [-0.4, -0.2) is 34.6 Å². The maximum atomic E-state index is 11.0. The van der Waals surface area contributed by atoms with Crippen molar-refractivity contribution >= 4 is 5.91 Å². The van der Waals surface area contributed by atoms with Crippen molar-refractivity contribution in [2.75, 3.05) is 6.54 Å². The van der Waals surface area contributed by atoms with E-state index in [2.05, 4.69) is 0 Å². The average Bonchev–Trinajstić information content (AvgIpc) is 2.10. The third kappa shape index (κ3) is 1.29. The quantitative estimate of drug-likeness (QED) is 0.560. The first kappa shape index (κ1) is 7.54. The molecule has 0 spiro atoms. The predicted octanol–water partition coefficient (Wildman–Crippen LogP) is -0.0120. The van der Waals surface area contributed by atoms with E-state index in [1.165, 1.54) is 0 Å². The molecule has 1 aliphatic heterocycles. The number of nitrogens with zero attached hydrogens (tertiary/aromatic N) is 1. The van der Waals surface area contributed by atoms with Gasteiger partial charge >= 0.3 is 0 Å². The molecule has 1 atom stereocenters. The number of β-amino-alcohol motifs (C(OH)–C–C–N with tert-alkyl or cyclic N) is 1. The molecule has 1 amide bonds. The minimum absolute atomic E-state index is 0.0718. The fraction of sp³-hybridized carbons (Fsp3) is 0.857. The van der Waals surface area contributed by atoms with Crippen LogP contribution in [0, 0.1) is 0 Å². The first-order valence-corrected chi connectivity index (χ1v) is 3.59. The Kier molecular flexibility index (Phi) is 1.94. The Morgan fingerprint density at radius 3 is 2.50 bits per heavy atom. The Labute approximate surface area is 60.6 Å². The highest BCUT2D eigenvalue weighted by molar-refractivity contribution is 5.79. The highest BCUT2D eigenvalue weighted by Crippen LogP contribution is 2.13. The molecule has 0 aromatic rings. The van der Waals surface area contributed by atoms with Gasteiger partial charge < -0.3 is 10.0 Å². The first-order valence-electron chi connectivity index (χ1n) is 3.59. The van der Waals surface area contributed by atoms with Crippen LogP contribution in [0.2, 0.25) is 0 Å². The van der Waals surface area contributed by atoms with Gasteiger partial charge in [-0.2, -0.15) is 0 Å². The molecule has 0 unspecified atom stereocenters. The predicted molar refractivity (Wildman–Crippen MR) is 37.5 cm³/mol. The molecule has 0 radical (unpaired) electrons. The Morgan fingerprint density at radius 2 is 2.30 bits per heavy atom. The molecule has 10 heavy (non-hydrogen) atoms. The van der Waals surface area contributed by atoms with E-state index >= 15 is 0 Å². The highest BCUT2D eigenvalue weighted by Gasteiger charge is 2.29. The summed E-state index contributed by atoms with van der Waals surface area (Å²) in [6.07, 6.45) is -0.132. The zero-order chi connectivity index (χ0) is 7.72. The van der Waals surface area contributed by atoms with Crippen LogP contribution in [0.25, 0.3) is 0 Å².